The first kappa shape index (κ1) is 13.5. The van der Waals surface area contributed by atoms with Crippen LogP contribution in [0.1, 0.15) is 46.0 Å². The molecule has 1 saturated heterocycles. The van der Waals surface area contributed by atoms with E-state index in [1.807, 2.05) is 0 Å². The summed E-state index contributed by atoms with van der Waals surface area (Å²) in [6, 6.07) is 0. The third-order valence-corrected chi connectivity index (χ3v) is 3.50. The van der Waals surface area contributed by atoms with Gasteiger partial charge in [0, 0.05) is 6.42 Å². The molecule has 4 nitrogen and oxygen atoms in total. The van der Waals surface area contributed by atoms with Crippen molar-refractivity contribution < 1.29 is 4.79 Å². The zero-order chi connectivity index (χ0) is 12.0. The quantitative estimate of drug-likeness (QED) is 0.322. The summed E-state index contributed by atoms with van der Waals surface area (Å²) >= 11 is 0. The number of unbranched alkanes of at least 4 members (excludes halogenated alkanes) is 1. The molecule has 0 radical (unpaired) electrons. The summed E-state index contributed by atoms with van der Waals surface area (Å²) in [6.07, 6.45) is 5.15. The predicted octanol–water partition coefficient (Wildman–Crippen LogP) is 1.27. The molecule has 0 atom stereocenters. The number of amides is 1. The minimum atomic E-state index is -0.0558. The summed E-state index contributed by atoms with van der Waals surface area (Å²) in [5.74, 6) is 4.96. The van der Waals surface area contributed by atoms with Gasteiger partial charge in [0.1, 0.15) is 0 Å². The fourth-order valence-electron chi connectivity index (χ4n) is 2.08. The monoisotopic (exact) mass is 227 g/mol. The van der Waals surface area contributed by atoms with Crippen molar-refractivity contribution in [2.45, 2.75) is 46.0 Å². The van der Waals surface area contributed by atoms with Crippen LogP contribution < -0.4 is 11.3 Å². The van der Waals surface area contributed by atoms with Gasteiger partial charge in [-0.3, -0.25) is 10.2 Å². The number of carbonyl (C=O) groups is 1. The summed E-state index contributed by atoms with van der Waals surface area (Å²) < 4.78 is 0. The molecule has 0 aliphatic carbocycles. The van der Waals surface area contributed by atoms with Gasteiger partial charge in [0.2, 0.25) is 5.91 Å². The molecule has 1 fully saturated rings. The topological polar surface area (TPSA) is 58.4 Å². The minimum absolute atomic E-state index is 0.0558. The Bertz CT molecular complexity index is 218. The lowest BCUT2D eigenvalue weighted by Gasteiger charge is -2.36. The summed E-state index contributed by atoms with van der Waals surface area (Å²) in [5, 5.41) is 0. The molecular formula is C12H25N3O. The highest BCUT2D eigenvalue weighted by Crippen LogP contribution is 2.29. The Morgan fingerprint density at radius 1 is 1.31 bits per heavy atom. The van der Waals surface area contributed by atoms with Crippen LogP contribution >= 0.6 is 0 Å². The van der Waals surface area contributed by atoms with E-state index in [1.165, 1.54) is 25.9 Å². The van der Waals surface area contributed by atoms with Crippen molar-refractivity contribution in [3.05, 3.63) is 0 Å². The van der Waals surface area contributed by atoms with Gasteiger partial charge in [0.25, 0.3) is 0 Å². The third-order valence-electron chi connectivity index (χ3n) is 3.50. The van der Waals surface area contributed by atoms with Gasteiger partial charge < -0.3 is 4.90 Å². The number of hydrazine groups is 1. The number of nitrogens with one attached hydrogen (secondary N) is 1. The fraction of sp³-hybridized carbons (Fsp3) is 0.917. The second-order valence-electron chi connectivity index (χ2n) is 5.53. The number of hydrogen-bond donors (Lipinski definition) is 2. The van der Waals surface area contributed by atoms with Crippen molar-refractivity contribution >= 4 is 5.91 Å². The third kappa shape index (κ3) is 4.94. The van der Waals surface area contributed by atoms with E-state index >= 15 is 0 Å². The van der Waals surface area contributed by atoms with Crippen molar-refractivity contribution in [1.82, 2.24) is 10.3 Å². The molecule has 1 amide bonds. The van der Waals surface area contributed by atoms with Gasteiger partial charge in [0.15, 0.2) is 0 Å². The standard InChI is InChI=1S/C12H25N3O/c1-12(2)6-9-15(10-7-12)8-4-3-5-11(16)14-13/h3-10,13H2,1-2H3,(H,14,16). The lowest BCUT2D eigenvalue weighted by Crippen LogP contribution is -2.37. The van der Waals surface area contributed by atoms with Gasteiger partial charge in [-0.15, -0.1) is 0 Å². The van der Waals surface area contributed by atoms with E-state index in [1.54, 1.807) is 0 Å². The molecule has 0 aromatic carbocycles. The molecule has 0 saturated carbocycles. The smallest absolute Gasteiger partial charge is 0.233 e. The van der Waals surface area contributed by atoms with Crippen LogP contribution in [0.5, 0.6) is 0 Å². The maximum atomic E-state index is 10.9. The molecule has 0 bridgehead atoms. The SMILES string of the molecule is CC1(C)CCN(CCCCC(=O)NN)CC1. The number of likely N-dealkylation sites (tertiary alicyclic amines) is 1. The van der Waals surface area contributed by atoms with Gasteiger partial charge in [0.05, 0.1) is 0 Å². The molecule has 16 heavy (non-hydrogen) atoms. The molecule has 0 spiro atoms. The van der Waals surface area contributed by atoms with Crippen molar-refractivity contribution in [2.24, 2.45) is 11.3 Å². The maximum absolute atomic E-state index is 10.9. The molecule has 1 aliphatic heterocycles. The Kier molecular flexibility index (Phi) is 5.22. The number of carbonyl (C=O) groups excluding carboxylic acids is 1. The Labute approximate surface area is 98.5 Å². The van der Waals surface area contributed by atoms with E-state index < -0.39 is 0 Å². The van der Waals surface area contributed by atoms with Crippen LogP contribution in [0.2, 0.25) is 0 Å². The first-order valence-electron chi connectivity index (χ1n) is 6.25. The molecule has 1 rings (SSSR count). The van der Waals surface area contributed by atoms with E-state index in [2.05, 4.69) is 24.2 Å². The highest BCUT2D eigenvalue weighted by atomic mass is 16.2. The van der Waals surface area contributed by atoms with Crippen LogP contribution in [-0.2, 0) is 4.79 Å². The summed E-state index contributed by atoms with van der Waals surface area (Å²) in [7, 11) is 0. The molecule has 1 aliphatic rings. The first-order chi connectivity index (χ1) is 7.53. The normalized spacial score (nSPS) is 20.7. The van der Waals surface area contributed by atoms with Crippen LogP contribution in [0.4, 0.5) is 0 Å². The molecule has 94 valence electrons. The van der Waals surface area contributed by atoms with Gasteiger partial charge in [-0.2, -0.15) is 0 Å². The minimum Gasteiger partial charge on any atom is -0.303 e. The number of nitrogens with two attached hydrogens (primary N) is 1. The Balaban J connectivity index is 2.04. The highest BCUT2D eigenvalue weighted by Gasteiger charge is 2.24. The van der Waals surface area contributed by atoms with Crippen LogP contribution in [0.3, 0.4) is 0 Å². The summed E-state index contributed by atoms with van der Waals surface area (Å²) in [4.78, 5) is 13.4. The molecule has 0 unspecified atom stereocenters. The van der Waals surface area contributed by atoms with Gasteiger partial charge in [-0.25, -0.2) is 5.84 Å². The van der Waals surface area contributed by atoms with E-state index in [9.17, 15) is 4.79 Å². The zero-order valence-corrected chi connectivity index (χ0v) is 10.6. The van der Waals surface area contributed by atoms with Crippen LogP contribution in [0.25, 0.3) is 0 Å². The first-order valence-corrected chi connectivity index (χ1v) is 6.25. The Hall–Kier alpha value is -0.610. The average Bonchev–Trinajstić information content (AvgIpc) is 2.26. The van der Waals surface area contributed by atoms with E-state index in [0.29, 0.717) is 11.8 Å². The summed E-state index contributed by atoms with van der Waals surface area (Å²) in [6.45, 7) is 8.21. The number of piperidine rings is 1. The van der Waals surface area contributed by atoms with Crippen LogP contribution in [-0.4, -0.2) is 30.4 Å². The van der Waals surface area contributed by atoms with Gasteiger partial charge in [-0.05, 0) is 50.7 Å². The van der Waals surface area contributed by atoms with Gasteiger partial charge in [-0.1, -0.05) is 13.8 Å². The van der Waals surface area contributed by atoms with E-state index in [-0.39, 0.29) is 5.91 Å². The Morgan fingerprint density at radius 3 is 2.50 bits per heavy atom. The van der Waals surface area contributed by atoms with Crippen molar-refractivity contribution in [3.63, 3.8) is 0 Å². The Morgan fingerprint density at radius 2 is 1.94 bits per heavy atom. The number of hydrogen-bond acceptors (Lipinski definition) is 3. The fourth-order valence-corrected chi connectivity index (χ4v) is 2.08. The second kappa shape index (κ2) is 6.21. The van der Waals surface area contributed by atoms with Crippen molar-refractivity contribution in [1.29, 1.82) is 0 Å². The zero-order valence-electron chi connectivity index (χ0n) is 10.6. The summed E-state index contributed by atoms with van der Waals surface area (Å²) in [5.41, 5.74) is 2.69. The number of rotatable bonds is 5. The second-order valence-corrected chi connectivity index (χ2v) is 5.53. The molecule has 0 aromatic rings. The van der Waals surface area contributed by atoms with E-state index in [0.717, 1.165) is 19.4 Å². The number of nitrogens with zero attached hydrogens (tertiary/aromatic N) is 1. The van der Waals surface area contributed by atoms with Crippen LogP contribution in [0, 0.1) is 5.41 Å². The van der Waals surface area contributed by atoms with Crippen LogP contribution in [0.15, 0.2) is 0 Å². The lowest BCUT2D eigenvalue weighted by molar-refractivity contribution is -0.121. The highest BCUT2D eigenvalue weighted by molar-refractivity contribution is 5.75. The van der Waals surface area contributed by atoms with E-state index in [4.69, 9.17) is 5.84 Å². The molecule has 3 N–H and O–H groups in total. The average molecular weight is 227 g/mol. The maximum Gasteiger partial charge on any atom is 0.233 e. The van der Waals surface area contributed by atoms with Gasteiger partial charge >= 0.3 is 0 Å². The van der Waals surface area contributed by atoms with Crippen molar-refractivity contribution in [3.8, 4) is 0 Å². The lowest BCUT2D eigenvalue weighted by atomic mass is 9.82. The van der Waals surface area contributed by atoms with Crippen molar-refractivity contribution in [2.75, 3.05) is 19.6 Å². The predicted molar refractivity (Wildman–Crippen MR) is 65.6 cm³/mol. The molecule has 4 heteroatoms. The molecular weight excluding hydrogens is 202 g/mol. The largest absolute Gasteiger partial charge is 0.303 e. The molecule has 0 aromatic heterocycles. The molecule has 1 heterocycles.